The average molecular weight is 459 g/mol. The van der Waals surface area contributed by atoms with Gasteiger partial charge in [-0.3, -0.25) is 9.69 Å². The monoisotopic (exact) mass is 458 g/mol. The van der Waals surface area contributed by atoms with Crippen LogP contribution in [-0.2, 0) is 13.2 Å². The number of nitrogens with zero attached hydrogens (tertiary/aromatic N) is 2. The summed E-state index contributed by atoms with van der Waals surface area (Å²) in [6.45, 7) is 3.03. The minimum Gasteiger partial charge on any atom is -0.497 e. The smallest absolute Gasteiger partial charge is 0.264 e. The van der Waals surface area contributed by atoms with Crippen LogP contribution in [0.2, 0.25) is 0 Å². The molecule has 0 bridgehead atoms. The molecule has 0 atom stereocenters. The molecule has 0 N–H and O–H groups in total. The highest BCUT2D eigenvalue weighted by Crippen LogP contribution is 2.22. The first-order chi connectivity index (χ1) is 15.5. The maximum atomic E-state index is 13.9. The number of methoxy groups -OCH3 is 1. The molecule has 4 rings (SSSR count). The summed E-state index contributed by atoms with van der Waals surface area (Å²) >= 11 is 1.40. The number of benzene rings is 2. The summed E-state index contributed by atoms with van der Waals surface area (Å²) in [6.07, 6.45) is 0. The predicted octanol–water partition coefficient (Wildman–Crippen LogP) is 4.57. The number of halogens is 2. The van der Waals surface area contributed by atoms with E-state index in [1.807, 2.05) is 40.6 Å². The lowest BCUT2D eigenvalue weighted by Gasteiger charge is -2.34. The molecule has 5 nitrogen and oxygen atoms in total. The zero-order valence-electron chi connectivity index (χ0n) is 17.7. The van der Waals surface area contributed by atoms with Crippen LogP contribution in [0.25, 0.3) is 0 Å². The highest BCUT2D eigenvalue weighted by molar-refractivity contribution is 7.12. The van der Waals surface area contributed by atoms with Gasteiger partial charge in [-0.15, -0.1) is 11.3 Å². The summed E-state index contributed by atoms with van der Waals surface area (Å²) in [6, 6.07) is 13.4. The lowest BCUT2D eigenvalue weighted by Crippen LogP contribution is -2.48. The van der Waals surface area contributed by atoms with E-state index in [0.29, 0.717) is 49.8 Å². The molecule has 1 amide bonds. The highest BCUT2D eigenvalue weighted by atomic mass is 32.1. The summed E-state index contributed by atoms with van der Waals surface area (Å²) in [5.74, 6) is -0.144. The predicted molar refractivity (Wildman–Crippen MR) is 119 cm³/mol. The van der Waals surface area contributed by atoms with Crippen LogP contribution >= 0.6 is 11.3 Å². The number of amides is 1. The standard InChI is InChI=1S/C24H24F2N2O3S/c1-30-19-5-7-20(8-6-19)31-15-17-13-22(32-16-17)24(29)28-11-9-27(10-12-28)14-18-3-2-4-21(25)23(18)26/h2-8,13,16H,9-12,14-15H2,1H3. The van der Waals surface area contributed by atoms with Gasteiger partial charge in [0.05, 0.1) is 12.0 Å². The number of carbonyl (C=O) groups excluding carboxylic acids is 1. The van der Waals surface area contributed by atoms with Crippen molar-refractivity contribution in [1.82, 2.24) is 9.80 Å². The fourth-order valence-corrected chi connectivity index (χ4v) is 4.44. The average Bonchev–Trinajstić information content (AvgIpc) is 3.30. The maximum Gasteiger partial charge on any atom is 0.264 e. The van der Waals surface area contributed by atoms with Crippen molar-refractivity contribution in [3.8, 4) is 11.5 Å². The van der Waals surface area contributed by atoms with E-state index in [-0.39, 0.29) is 5.91 Å². The second-order valence-electron chi connectivity index (χ2n) is 7.56. The number of piperazine rings is 1. The first kappa shape index (κ1) is 22.2. The molecule has 0 spiro atoms. The molecule has 1 aliphatic heterocycles. The van der Waals surface area contributed by atoms with Gasteiger partial charge in [0.1, 0.15) is 18.1 Å². The Bertz CT molecular complexity index is 1060. The second-order valence-corrected chi connectivity index (χ2v) is 8.48. The molecule has 2 aromatic carbocycles. The number of hydrogen-bond acceptors (Lipinski definition) is 5. The molecule has 0 aliphatic carbocycles. The van der Waals surface area contributed by atoms with Gasteiger partial charge in [-0.1, -0.05) is 12.1 Å². The Morgan fingerprint density at radius 2 is 1.75 bits per heavy atom. The molecule has 8 heteroatoms. The van der Waals surface area contributed by atoms with Gasteiger partial charge in [0, 0.05) is 43.9 Å². The zero-order valence-corrected chi connectivity index (χ0v) is 18.5. The normalized spacial score (nSPS) is 14.4. The van der Waals surface area contributed by atoms with Crippen molar-refractivity contribution in [2.75, 3.05) is 33.3 Å². The Hall–Kier alpha value is -2.97. The molecular formula is C24H24F2N2O3S. The van der Waals surface area contributed by atoms with E-state index in [1.54, 1.807) is 18.1 Å². The molecule has 1 saturated heterocycles. The van der Waals surface area contributed by atoms with E-state index < -0.39 is 11.6 Å². The number of hydrogen-bond donors (Lipinski definition) is 0. The molecule has 3 aromatic rings. The van der Waals surface area contributed by atoms with E-state index >= 15 is 0 Å². The quantitative estimate of drug-likeness (QED) is 0.520. The topological polar surface area (TPSA) is 42.0 Å². The van der Waals surface area contributed by atoms with Crippen LogP contribution in [0, 0.1) is 11.6 Å². The van der Waals surface area contributed by atoms with Gasteiger partial charge >= 0.3 is 0 Å². The highest BCUT2D eigenvalue weighted by Gasteiger charge is 2.24. The van der Waals surface area contributed by atoms with Crippen molar-refractivity contribution < 1.29 is 23.0 Å². The second kappa shape index (κ2) is 10.1. The SMILES string of the molecule is COc1ccc(OCc2csc(C(=O)N3CCN(Cc4cccc(F)c4F)CC3)c2)cc1. The lowest BCUT2D eigenvalue weighted by atomic mass is 10.1. The molecule has 1 fully saturated rings. The molecule has 0 saturated carbocycles. The van der Waals surface area contributed by atoms with Gasteiger partial charge in [0.15, 0.2) is 11.6 Å². The summed E-state index contributed by atoms with van der Waals surface area (Å²) in [5.41, 5.74) is 1.28. The van der Waals surface area contributed by atoms with Gasteiger partial charge in [0.2, 0.25) is 0 Å². The van der Waals surface area contributed by atoms with Crippen LogP contribution in [0.5, 0.6) is 11.5 Å². The molecule has 2 heterocycles. The molecule has 1 aromatic heterocycles. The van der Waals surface area contributed by atoms with E-state index in [9.17, 15) is 13.6 Å². The Balaban J connectivity index is 1.28. The molecule has 168 valence electrons. The van der Waals surface area contributed by atoms with Crippen LogP contribution in [0.3, 0.4) is 0 Å². The van der Waals surface area contributed by atoms with Crippen LogP contribution in [0.15, 0.2) is 53.9 Å². The maximum absolute atomic E-state index is 13.9. The lowest BCUT2D eigenvalue weighted by molar-refractivity contribution is 0.0631. The summed E-state index contributed by atoms with van der Waals surface area (Å²) in [4.78, 5) is 17.4. The van der Waals surface area contributed by atoms with Crippen molar-refractivity contribution >= 4 is 17.2 Å². The third-order valence-electron chi connectivity index (χ3n) is 5.41. The van der Waals surface area contributed by atoms with Crippen molar-refractivity contribution in [3.63, 3.8) is 0 Å². The van der Waals surface area contributed by atoms with Crippen molar-refractivity contribution in [1.29, 1.82) is 0 Å². The number of ether oxygens (including phenoxy) is 2. The number of rotatable bonds is 7. The fourth-order valence-electron chi connectivity index (χ4n) is 3.58. The van der Waals surface area contributed by atoms with Gasteiger partial charge in [-0.2, -0.15) is 0 Å². The summed E-state index contributed by atoms with van der Waals surface area (Å²) in [5, 5.41) is 1.93. The molecule has 0 radical (unpaired) electrons. The van der Waals surface area contributed by atoms with Crippen molar-refractivity contribution in [2.45, 2.75) is 13.2 Å². The van der Waals surface area contributed by atoms with Gasteiger partial charge in [0.25, 0.3) is 5.91 Å². The Labute approximate surface area is 189 Å². The number of thiophene rings is 1. The Kier molecular flexibility index (Phi) is 7.02. The van der Waals surface area contributed by atoms with Crippen molar-refractivity contribution in [2.24, 2.45) is 0 Å². The van der Waals surface area contributed by atoms with Crippen LogP contribution in [0.4, 0.5) is 8.78 Å². The molecule has 32 heavy (non-hydrogen) atoms. The first-order valence-corrected chi connectivity index (χ1v) is 11.2. The van der Waals surface area contributed by atoms with Crippen LogP contribution in [-0.4, -0.2) is 49.0 Å². The first-order valence-electron chi connectivity index (χ1n) is 10.3. The third-order valence-corrected chi connectivity index (χ3v) is 6.38. The van der Waals surface area contributed by atoms with E-state index in [0.717, 1.165) is 23.1 Å². The van der Waals surface area contributed by atoms with E-state index in [1.165, 1.54) is 17.4 Å². The van der Waals surface area contributed by atoms with E-state index in [4.69, 9.17) is 9.47 Å². The third kappa shape index (κ3) is 5.26. The minimum absolute atomic E-state index is 0.0118. The molecular weight excluding hydrogens is 434 g/mol. The Morgan fingerprint density at radius 1 is 1.03 bits per heavy atom. The summed E-state index contributed by atoms with van der Waals surface area (Å²) < 4.78 is 38.2. The van der Waals surface area contributed by atoms with Crippen molar-refractivity contribution in [3.05, 3.63) is 81.5 Å². The van der Waals surface area contributed by atoms with Gasteiger partial charge in [-0.05, 0) is 41.8 Å². The van der Waals surface area contributed by atoms with Crippen LogP contribution < -0.4 is 9.47 Å². The van der Waals surface area contributed by atoms with Crippen LogP contribution in [0.1, 0.15) is 20.8 Å². The van der Waals surface area contributed by atoms with Gasteiger partial charge in [-0.25, -0.2) is 8.78 Å². The largest absolute Gasteiger partial charge is 0.497 e. The molecule has 1 aliphatic rings. The van der Waals surface area contributed by atoms with E-state index in [2.05, 4.69) is 0 Å². The summed E-state index contributed by atoms with van der Waals surface area (Å²) in [7, 11) is 1.61. The molecule has 0 unspecified atom stereocenters. The minimum atomic E-state index is -0.833. The van der Waals surface area contributed by atoms with Gasteiger partial charge < -0.3 is 14.4 Å². The number of carbonyl (C=O) groups is 1. The fraction of sp³-hybridized carbons (Fsp3) is 0.292. The zero-order chi connectivity index (χ0) is 22.5. The Morgan fingerprint density at radius 3 is 2.47 bits per heavy atom.